The van der Waals surface area contributed by atoms with E-state index in [1.54, 1.807) is 11.9 Å². The van der Waals surface area contributed by atoms with Gasteiger partial charge in [0.25, 0.3) is 0 Å². The fourth-order valence-corrected chi connectivity index (χ4v) is 2.40. The van der Waals surface area contributed by atoms with Crippen molar-refractivity contribution in [2.24, 2.45) is 0 Å². The summed E-state index contributed by atoms with van der Waals surface area (Å²) >= 11 is 5.95. The highest BCUT2D eigenvalue weighted by atomic mass is 35.5. The summed E-state index contributed by atoms with van der Waals surface area (Å²) in [5, 5.41) is 0.686. The predicted molar refractivity (Wildman–Crippen MR) is 87.1 cm³/mol. The maximum Gasteiger partial charge on any atom is 0.222 e. The molecule has 4 heteroatoms. The quantitative estimate of drug-likeness (QED) is 0.859. The Labute approximate surface area is 130 Å². The number of hydrogen-bond donors (Lipinski definition) is 1. The van der Waals surface area contributed by atoms with Crippen molar-refractivity contribution in [2.75, 3.05) is 12.8 Å². The third kappa shape index (κ3) is 4.50. The van der Waals surface area contributed by atoms with Crippen LogP contribution in [0.25, 0.3) is 0 Å². The number of aryl methyl sites for hydroxylation is 1. The third-order valence-electron chi connectivity index (χ3n) is 3.40. The fourth-order valence-electron chi connectivity index (χ4n) is 2.19. The van der Waals surface area contributed by atoms with Crippen molar-refractivity contribution < 1.29 is 4.79 Å². The molecular weight excluding hydrogens is 284 g/mol. The second kappa shape index (κ2) is 7.14. The molecule has 0 heterocycles. The number of rotatable bonds is 5. The van der Waals surface area contributed by atoms with Crippen LogP contribution >= 0.6 is 11.6 Å². The van der Waals surface area contributed by atoms with Gasteiger partial charge >= 0.3 is 0 Å². The van der Waals surface area contributed by atoms with Gasteiger partial charge in [-0.15, -0.1) is 0 Å². The van der Waals surface area contributed by atoms with Crippen molar-refractivity contribution in [2.45, 2.75) is 19.4 Å². The van der Waals surface area contributed by atoms with Gasteiger partial charge < -0.3 is 10.6 Å². The number of carbonyl (C=O) groups excluding carboxylic acids is 1. The molecule has 21 heavy (non-hydrogen) atoms. The summed E-state index contributed by atoms with van der Waals surface area (Å²) in [5.74, 6) is 0.0956. The van der Waals surface area contributed by atoms with Crippen molar-refractivity contribution in [3.05, 3.63) is 64.7 Å². The van der Waals surface area contributed by atoms with Crippen LogP contribution in [0.5, 0.6) is 0 Å². The zero-order valence-corrected chi connectivity index (χ0v) is 12.8. The number of nitrogen functional groups attached to an aromatic ring is 1. The van der Waals surface area contributed by atoms with Gasteiger partial charge in [0.2, 0.25) is 5.91 Å². The van der Waals surface area contributed by atoms with Crippen molar-refractivity contribution in [1.29, 1.82) is 0 Å². The van der Waals surface area contributed by atoms with Crippen molar-refractivity contribution in [3.63, 3.8) is 0 Å². The van der Waals surface area contributed by atoms with E-state index in [2.05, 4.69) is 0 Å². The van der Waals surface area contributed by atoms with E-state index in [9.17, 15) is 4.79 Å². The van der Waals surface area contributed by atoms with Gasteiger partial charge in [0, 0.05) is 30.7 Å². The molecule has 0 bridgehead atoms. The van der Waals surface area contributed by atoms with E-state index >= 15 is 0 Å². The number of carbonyl (C=O) groups is 1. The van der Waals surface area contributed by atoms with Gasteiger partial charge in [-0.2, -0.15) is 0 Å². The van der Waals surface area contributed by atoms with Crippen LogP contribution in [0.3, 0.4) is 0 Å². The molecular formula is C17H19ClN2O. The number of halogens is 1. The molecule has 0 atom stereocenters. The molecule has 0 saturated heterocycles. The average molecular weight is 303 g/mol. The lowest BCUT2D eigenvalue weighted by Gasteiger charge is -2.17. The molecule has 1 amide bonds. The molecule has 3 nitrogen and oxygen atoms in total. The van der Waals surface area contributed by atoms with E-state index < -0.39 is 0 Å². The molecule has 0 saturated carbocycles. The number of hydrogen-bond acceptors (Lipinski definition) is 2. The molecule has 0 aliphatic heterocycles. The Balaban J connectivity index is 1.90. The van der Waals surface area contributed by atoms with Crippen molar-refractivity contribution >= 4 is 23.2 Å². The number of amides is 1. The summed E-state index contributed by atoms with van der Waals surface area (Å²) in [7, 11) is 1.80. The molecule has 110 valence electrons. The zero-order chi connectivity index (χ0) is 15.2. The van der Waals surface area contributed by atoms with Crippen LogP contribution < -0.4 is 5.73 Å². The molecule has 0 aliphatic carbocycles. The Morgan fingerprint density at radius 3 is 2.67 bits per heavy atom. The second-order valence-corrected chi connectivity index (χ2v) is 5.51. The first-order valence-electron chi connectivity index (χ1n) is 6.88. The lowest BCUT2D eigenvalue weighted by Crippen LogP contribution is -2.26. The van der Waals surface area contributed by atoms with E-state index in [-0.39, 0.29) is 5.91 Å². The van der Waals surface area contributed by atoms with E-state index in [0.29, 0.717) is 24.4 Å². The number of benzene rings is 2. The summed E-state index contributed by atoms with van der Waals surface area (Å²) in [6.45, 7) is 0.559. The van der Waals surface area contributed by atoms with Gasteiger partial charge in [-0.3, -0.25) is 4.79 Å². The number of nitrogens with zero attached hydrogens (tertiary/aromatic N) is 1. The SMILES string of the molecule is CN(Cc1cccc(Cl)c1)C(=O)CCc1ccccc1N. The summed E-state index contributed by atoms with van der Waals surface area (Å²) in [4.78, 5) is 13.9. The van der Waals surface area contributed by atoms with Crippen molar-refractivity contribution in [1.82, 2.24) is 4.90 Å². The lowest BCUT2D eigenvalue weighted by molar-refractivity contribution is -0.130. The zero-order valence-electron chi connectivity index (χ0n) is 12.1. The Kier molecular flexibility index (Phi) is 5.23. The molecule has 2 aromatic rings. The summed E-state index contributed by atoms with van der Waals surface area (Å²) in [6, 6.07) is 15.2. The van der Waals surface area contributed by atoms with E-state index in [1.165, 1.54) is 0 Å². The van der Waals surface area contributed by atoms with Crippen LogP contribution in [0.1, 0.15) is 17.5 Å². The Hall–Kier alpha value is -2.00. The molecule has 2 N–H and O–H groups in total. The van der Waals surface area contributed by atoms with E-state index in [4.69, 9.17) is 17.3 Å². The topological polar surface area (TPSA) is 46.3 Å². The Morgan fingerprint density at radius 1 is 1.19 bits per heavy atom. The molecule has 0 unspecified atom stereocenters. The normalized spacial score (nSPS) is 10.4. The van der Waals surface area contributed by atoms with Gasteiger partial charge in [-0.05, 0) is 35.7 Å². The highest BCUT2D eigenvalue weighted by Gasteiger charge is 2.10. The smallest absolute Gasteiger partial charge is 0.222 e. The number of para-hydroxylation sites is 1. The van der Waals surface area contributed by atoms with Crippen LogP contribution in [-0.2, 0) is 17.8 Å². The molecule has 2 rings (SSSR count). The molecule has 2 aromatic carbocycles. The molecule has 0 spiro atoms. The average Bonchev–Trinajstić information content (AvgIpc) is 2.46. The Bertz CT molecular complexity index is 628. The summed E-state index contributed by atoms with van der Waals surface area (Å²) < 4.78 is 0. The van der Waals surface area contributed by atoms with E-state index in [1.807, 2.05) is 48.5 Å². The first-order chi connectivity index (χ1) is 10.1. The number of nitrogens with two attached hydrogens (primary N) is 1. The van der Waals surface area contributed by atoms with Gasteiger partial charge in [-0.25, -0.2) is 0 Å². The van der Waals surface area contributed by atoms with Crippen LogP contribution in [-0.4, -0.2) is 17.9 Å². The Morgan fingerprint density at radius 2 is 1.95 bits per heavy atom. The minimum Gasteiger partial charge on any atom is -0.399 e. The third-order valence-corrected chi connectivity index (χ3v) is 3.63. The predicted octanol–water partition coefficient (Wildman–Crippen LogP) is 3.51. The molecule has 0 fully saturated rings. The fraction of sp³-hybridized carbons (Fsp3) is 0.235. The first-order valence-corrected chi connectivity index (χ1v) is 7.26. The van der Waals surface area contributed by atoms with Crippen LogP contribution in [0.2, 0.25) is 5.02 Å². The molecule has 0 aliphatic rings. The van der Waals surface area contributed by atoms with Gasteiger partial charge in [0.15, 0.2) is 0 Å². The minimum absolute atomic E-state index is 0.0956. The van der Waals surface area contributed by atoms with Gasteiger partial charge in [0.05, 0.1) is 0 Å². The summed E-state index contributed by atoms with van der Waals surface area (Å²) in [6.07, 6.45) is 1.11. The molecule has 0 radical (unpaired) electrons. The summed E-state index contributed by atoms with van der Waals surface area (Å²) in [5.41, 5.74) is 8.66. The van der Waals surface area contributed by atoms with Crippen LogP contribution in [0, 0.1) is 0 Å². The highest BCUT2D eigenvalue weighted by Crippen LogP contribution is 2.15. The largest absolute Gasteiger partial charge is 0.399 e. The molecule has 0 aromatic heterocycles. The standard InChI is InChI=1S/C17H19ClN2O/c1-20(12-13-5-4-7-15(18)11-13)17(21)10-9-14-6-2-3-8-16(14)19/h2-8,11H,9-10,12,19H2,1H3. The minimum atomic E-state index is 0.0956. The highest BCUT2D eigenvalue weighted by molar-refractivity contribution is 6.30. The van der Waals surface area contributed by atoms with Crippen LogP contribution in [0.4, 0.5) is 5.69 Å². The van der Waals surface area contributed by atoms with Crippen molar-refractivity contribution in [3.8, 4) is 0 Å². The second-order valence-electron chi connectivity index (χ2n) is 5.08. The first kappa shape index (κ1) is 15.4. The maximum atomic E-state index is 12.2. The van der Waals surface area contributed by atoms with Gasteiger partial charge in [-0.1, -0.05) is 41.9 Å². The lowest BCUT2D eigenvalue weighted by atomic mass is 10.1. The van der Waals surface area contributed by atoms with E-state index in [0.717, 1.165) is 16.8 Å². The monoisotopic (exact) mass is 302 g/mol. The van der Waals surface area contributed by atoms with Crippen LogP contribution in [0.15, 0.2) is 48.5 Å². The van der Waals surface area contributed by atoms with Gasteiger partial charge in [0.1, 0.15) is 0 Å². The number of anilines is 1. The maximum absolute atomic E-state index is 12.2.